The van der Waals surface area contributed by atoms with E-state index in [2.05, 4.69) is 19.8 Å². The number of piperazine rings is 1. The van der Waals surface area contributed by atoms with Gasteiger partial charge in [-0.1, -0.05) is 12.1 Å². The number of alkyl halides is 2. The molecule has 8 heteroatoms. The van der Waals surface area contributed by atoms with Gasteiger partial charge >= 0.3 is 0 Å². The Morgan fingerprint density at radius 2 is 1.82 bits per heavy atom. The van der Waals surface area contributed by atoms with E-state index in [1.54, 1.807) is 6.07 Å². The van der Waals surface area contributed by atoms with Gasteiger partial charge in [0, 0.05) is 62.2 Å². The standard InChI is InChI=1S/C25H28F2N4O2/c26-25(27)16-19-4-3-5-21(20(19)17-25)31-13-11-30(12-14-31)10-1-2-15-33-23-9-7-18-6-8-22(32)28-24(18)29-23/h3-9H,1-2,10-17H2,(H,28,29,32). The summed E-state index contributed by atoms with van der Waals surface area (Å²) in [5.74, 6) is -2.10. The van der Waals surface area contributed by atoms with Crippen molar-refractivity contribution in [2.45, 2.75) is 31.6 Å². The maximum Gasteiger partial charge on any atom is 0.256 e. The molecule has 0 spiro atoms. The number of halogens is 2. The Labute approximate surface area is 191 Å². The number of aromatic amines is 1. The minimum Gasteiger partial charge on any atom is -0.478 e. The molecule has 33 heavy (non-hydrogen) atoms. The monoisotopic (exact) mass is 454 g/mol. The molecule has 0 bridgehead atoms. The Hall–Kier alpha value is -3.00. The number of hydrogen-bond donors (Lipinski definition) is 1. The molecule has 1 N–H and O–H groups in total. The van der Waals surface area contributed by atoms with E-state index in [-0.39, 0.29) is 18.4 Å². The lowest BCUT2D eigenvalue weighted by Crippen LogP contribution is -2.47. The zero-order valence-electron chi connectivity index (χ0n) is 18.5. The first-order valence-electron chi connectivity index (χ1n) is 11.6. The van der Waals surface area contributed by atoms with E-state index in [4.69, 9.17) is 4.74 Å². The van der Waals surface area contributed by atoms with Gasteiger partial charge in [-0.15, -0.1) is 0 Å². The molecule has 3 heterocycles. The highest BCUT2D eigenvalue weighted by molar-refractivity contribution is 5.74. The molecule has 174 valence electrons. The summed E-state index contributed by atoms with van der Waals surface area (Å²) in [4.78, 5) is 23.2. The van der Waals surface area contributed by atoms with Crippen molar-refractivity contribution in [1.82, 2.24) is 14.9 Å². The lowest BCUT2D eigenvalue weighted by molar-refractivity contribution is 0.0131. The van der Waals surface area contributed by atoms with Gasteiger partial charge in [-0.25, -0.2) is 8.78 Å². The fourth-order valence-electron chi connectivity index (χ4n) is 4.80. The van der Waals surface area contributed by atoms with Gasteiger partial charge in [0.2, 0.25) is 11.4 Å². The van der Waals surface area contributed by atoms with Crippen molar-refractivity contribution < 1.29 is 13.5 Å². The first kappa shape index (κ1) is 21.8. The summed E-state index contributed by atoms with van der Waals surface area (Å²) in [5, 5.41) is 0.871. The summed E-state index contributed by atoms with van der Waals surface area (Å²) in [6, 6.07) is 12.7. The number of benzene rings is 1. The SMILES string of the molecule is O=c1ccc2ccc(OCCCCN3CCN(c4cccc5c4CC(F)(F)C5)CC3)nc2[nH]1. The normalized spacial score (nSPS) is 17.9. The molecule has 0 unspecified atom stereocenters. The van der Waals surface area contributed by atoms with Crippen molar-refractivity contribution >= 4 is 16.7 Å². The zero-order valence-corrected chi connectivity index (χ0v) is 18.5. The highest BCUT2D eigenvalue weighted by atomic mass is 19.3. The molecule has 3 aromatic rings. The number of rotatable bonds is 7. The van der Waals surface area contributed by atoms with E-state index in [1.807, 2.05) is 30.3 Å². The Morgan fingerprint density at radius 1 is 1.00 bits per heavy atom. The number of unbranched alkanes of at least 4 members (excludes halogenated alkanes) is 1. The van der Waals surface area contributed by atoms with Crippen LogP contribution in [0.25, 0.3) is 11.0 Å². The van der Waals surface area contributed by atoms with Gasteiger partial charge in [-0.2, -0.15) is 4.98 Å². The Morgan fingerprint density at radius 3 is 2.67 bits per heavy atom. The van der Waals surface area contributed by atoms with Crippen LogP contribution in [-0.4, -0.2) is 60.1 Å². The van der Waals surface area contributed by atoms with Gasteiger partial charge in [0.05, 0.1) is 6.61 Å². The third-order valence-corrected chi connectivity index (χ3v) is 6.52. The summed E-state index contributed by atoms with van der Waals surface area (Å²) in [6.45, 7) is 5.14. The second-order valence-electron chi connectivity index (χ2n) is 8.92. The highest BCUT2D eigenvalue weighted by Gasteiger charge is 2.39. The molecule has 5 rings (SSSR count). The Kier molecular flexibility index (Phi) is 6.01. The zero-order chi connectivity index (χ0) is 22.8. The molecule has 1 fully saturated rings. The number of nitrogens with one attached hydrogen (secondary N) is 1. The smallest absolute Gasteiger partial charge is 0.256 e. The van der Waals surface area contributed by atoms with Crippen molar-refractivity contribution in [2.75, 3.05) is 44.2 Å². The van der Waals surface area contributed by atoms with Crippen LogP contribution >= 0.6 is 0 Å². The molecule has 1 aliphatic carbocycles. The predicted octanol–water partition coefficient (Wildman–Crippen LogP) is 3.64. The van der Waals surface area contributed by atoms with Gasteiger partial charge in [-0.05, 0) is 48.7 Å². The lowest BCUT2D eigenvalue weighted by atomic mass is 10.1. The minimum absolute atomic E-state index is 0.134. The van der Waals surface area contributed by atoms with E-state index in [0.717, 1.165) is 67.8 Å². The van der Waals surface area contributed by atoms with Crippen molar-refractivity contribution in [3.63, 3.8) is 0 Å². The Bertz CT molecular complexity index is 1190. The summed E-state index contributed by atoms with van der Waals surface area (Å²) in [7, 11) is 0. The maximum atomic E-state index is 13.9. The van der Waals surface area contributed by atoms with Gasteiger partial charge in [0.1, 0.15) is 5.65 Å². The fourth-order valence-corrected chi connectivity index (χ4v) is 4.80. The first-order valence-corrected chi connectivity index (χ1v) is 11.6. The number of pyridine rings is 2. The van der Waals surface area contributed by atoms with E-state index in [9.17, 15) is 13.6 Å². The average Bonchev–Trinajstić information content (AvgIpc) is 3.13. The largest absolute Gasteiger partial charge is 0.478 e. The van der Waals surface area contributed by atoms with Crippen LogP contribution in [0.2, 0.25) is 0 Å². The van der Waals surface area contributed by atoms with E-state index < -0.39 is 5.92 Å². The highest BCUT2D eigenvalue weighted by Crippen LogP contribution is 2.39. The molecule has 0 amide bonds. The molecular formula is C25H28F2N4O2. The van der Waals surface area contributed by atoms with Crippen molar-refractivity contribution in [3.8, 4) is 5.88 Å². The number of hydrogen-bond acceptors (Lipinski definition) is 5. The van der Waals surface area contributed by atoms with E-state index >= 15 is 0 Å². The van der Waals surface area contributed by atoms with Crippen LogP contribution in [0, 0.1) is 0 Å². The van der Waals surface area contributed by atoms with E-state index in [0.29, 0.717) is 18.1 Å². The molecule has 0 saturated carbocycles. The molecule has 0 radical (unpaired) electrons. The number of ether oxygens (including phenoxy) is 1. The fraction of sp³-hybridized carbons (Fsp3) is 0.440. The summed E-state index contributed by atoms with van der Waals surface area (Å²) in [5.41, 5.74) is 2.97. The van der Waals surface area contributed by atoms with Gasteiger partial charge in [-0.3, -0.25) is 9.69 Å². The van der Waals surface area contributed by atoms with Crippen LogP contribution in [0.5, 0.6) is 5.88 Å². The van der Waals surface area contributed by atoms with Crippen molar-refractivity contribution in [3.05, 3.63) is 63.9 Å². The van der Waals surface area contributed by atoms with Crippen LogP contribution in [0.4, 0.5) is 14.5 Å². The van der Waals surface area contributed by atoms with Gasteiger partial charge < -0.3 is 14.6 Å². The molecule has 6 nitrogen and oxygen atoms in total. The number of fused-ring (bicyclic) bond motifs is 2. The first-order chi connectivity index (χ1) is 16.0. The van der Waals surface area contributed by atoms with Crippen LogP contribution in [0.15, 0.2) is 47.3 Å². The second-order valence-corrected chi connectivity index (χ2v) is 8.92. The van der Waals surface area contributed by atoms with Crippen molar-refractivity contribution in [2.24, 2.45) is 0 Å². The number of aromatic nitrogens is 2. The molecule has 1 aliphatic heterocycles. The summed E-state index contributed by atoms with van der Waals surface area (Å²) < 4.78 is 33.5. The Balaban J connectivity index is 1.05. The number of nitrogens with zero attached hydrogens (tertiary/aromatic N) is 3. The molecule has 0 atom stereocenters. The van der Waals surface area contributed by atoms with Crippen LogP contribution < -0.4 is 15.2 Å². The van der Waals surface area contributed by atoms with Gasteiger partial charge in [0.15, 0.2) is 0 Å². The summed E-state index contributed by atoms with van der Waals surface area (Å²) >= 11 is 0. The van der Waals surface area contributed by atoms with Crippen LogP contribution in [-0.2, 0) is 12.8 Å². The predicted molar refractivity (Wildman–Crippen MR) is 125 cm³/mol. The molecule has 2 aromatic heterocycles. The second kappa shape index (κ2) is 9.09. The van der Waals surface area contributed by atoms with Gasteiger partial charge in [0.25, 0.3) is 5.92 Å². The quantitative estimate of drug-likeness (QED) is 0.553. The molecule has 2 aliphatic rings. The third-order valence-electron chi connectivity index (χ3n) is 6.52. The molecule has 1 aromatic carbocycles. The van der Waals surface area contributed by atoms with Crippen molar-refractivity contribution in [1.29, 1.82) is 0 Å². The number of H-pyrrole nitrogens is 1. The van der Waals surface area contributed by atoms with Crippen LogP contribution in [0.1, 0.15) is 24.0 Å². The third kappa shape index (κ3) is 5.00. The van der Waals surface area contributed by atoms with E-state index in [1.165, 1.54) is 6.07 Å². The lowest BCUT2D eigenvalue weighted by Gasteiger charge is -2.37. The molecule has 1 saturated heterocycles. The average molecular weight is 455 g/mol. The summed E-state index contributed by atoms with van der Waals surface area (Å²) in [6.07, 6.45) is 1.65. The maximum absolute atomic E-state index is 13.9. The van der Waals surface area contributed by atoms with Crippen LogP contribution in [0.3, 0.4) is 0 Å². The molecular weight excluding hydrogens is 426 g/mol. The minimum atomic E-state index is -2.61. The topological polar surface area (TPSA) is 61.5 Å². The number of anilines is 1.